The monoisotopic (exact) mass is 450 g/mol. The molecule has 146 valence electrons. The highest BCUT2D eigenvalue weighted by Gasteiger charge is 2.16. The third-order valence-electron chi connectivity index (χ3n) is 4.68. The maximum absolute atomic E-state index is 12.9. The number of fused-ring (bicyclic) bond motifs is 1. The van der Waals surface area contributed by atoms with E-state index in [9.17, 15) is 4.79 Å². The van der Waals surface area contributed by atoms with Crippen LogP contribution in [0.3, 0.4) is 0 Å². The van der Waals surface area contributed by atoms with Crippen LogP contribution in [0.1, 0.15) is 21.5 Å². The molecule has 1 N–H and O–H groups in total. The first kappa shape index (κ1) is 19.2. The van der Waals surface area contributed by atoms with E-state index >= 15 is 0 Å². The van der Waals surface area contributed by atoms with Crippen LogP contribution in [0.4, 0.5) is 5.69 Å². The number of oxazole rings is 1. The Kier molecular flexibility index (Phi) is 5.11. The minimum atomic E-state index is -0.253. The van der Waals surface area contributed by atoms with Crippen LogP contribution < -0.4 is 10.1 Å². The zero-order chi connectivity index (χ0) is 20.5. The third-order valence-corrected chi connectivity index (χ3v) is 5.18. The van der Waals surface area contributed by atoms with E-state index in [-0.39, 0.29) is 5.91 Å². The predicted octanol–water partition coefficient (Wildman–Crippen LogP) is 6.14. The number of rotatable bonds is 4. The average Bonchev–Trinajstić information content (AvgIpc) is 3.12. The first-order valence-corrected chi connectivity index (χ1v) is 9.87. The molecule has 0 bridgehead atoms. The Balaban J connectivity index is 1.68. The minimum Gasteiger partial charge on any atom is -0.496 e. The predicted molar refractivity (Wildman–Crippen MR) is 118 cm³/mol. The Morgan fingerprint density at radius 1 is 1.07 bits per heavy atom. The van der Waals surface area contributed by atoms with Gasteiger partial charge in [-0.15, -0.1) is 0 Å². The Morgan fingerprint density at radius 3 is 2.69 bits per heavy atom. The van der Waals surface area contributed by atoms with Crippen LogP contribution in [0.25, 0.3) is 22.6 Å². The van der Waals surface area contributed by atoms with E-state index in [2.05, 4.69) is 26.2 Å². The summed E-state index contributed by atoms with van der Waals surface area (Å²) in [5.41, 5.74) is 5.52. The van der Waals surface area contributed by atoms with Crippen molar-refractivity contribution >= 4 is 38.6 Å². The molecule has 29 heavy (non-hydrogen) atoms. The molecule has 1 heterocycles. The van der Waals surface area contributed by atoms with Gasteiger partial charge in [-0.3, -0.25) is 4.79 Å². The number of aryl methyl sites for hydroxylation is 2. The van der Waals surface area contributed by atoms with E-state index in [0.29, 0.717) is 22.9 Å². The van der Waals surface area contributed by atoms with Gasteiger partial charge in [-0.25, -0.2) is 4.98 Å². The van der Waals surface area contributed by atoms with E-state index in [4.69, 9.17) is 9.15 Å². The smallest absolute Gasteiger partial charge is 0.259 e. The van der Waals surface area contributed by atoms with Gasteiger partial charge in [-0.2, -0.15) is 0 Å². The van der Waals surface area contributed by atoms with Crippen molar-refractivity contribution in [2.24, 2.45) is 0 Å². The van der Waals surface area contributed by atoms with Gasteiger partial charge in [-0.05, 0) is 67.4 Å². The Labute approximate surface area is 176 Å². The summed E-state index contributed by atoms with van der Waals surface area (Å²) in [6, 6.07) is 17.0. The number of aromatic nitrogens is 1. The van der Waals surface area contributed by atoms with E-state index < -0.39 is 0 Å². The molecule has 0 atom stereocenters. The molecule has 4 rings (SSSR count). The number of amides is 1. The molecule has 0 spiro atoms. The van der Waals surface area contributed by atoms with Crippen LogP contribution in [-0.4, -0.2) is 18.0 Å². The van der Waals surface area contributed by atoms with Crippen molar-refractivity contribution in [1.82, 2.24) is 4.98 Å². The Morgan fingerprint density at radius 2 is 1.90 bits per heavy atom. The summed E-state index contributed by atoms with van der Waals surface area (Å²) in [4.78, 5) is 17.4. The van der Waals surface area contributed by atoms with Gasteiger partial charge in [0.2, 0.25) is 5.89 Å². The highest BCUT2D eigenvalue weighted by molar-refractivity contribution is 9.10. The van der Waals surface area contributed by atoms with Crippen molar-refractivity contribution in [3.8, 4) is 17.2 Å². The number of halogens is 1. The Bertz CT molecular complexity index is 1230. The summed E-state index contributed by atoms with van der Waals surface area (Å²) >= 11 is 3.40. The molecule has 0 aliphatic carbocycles. The number of ether oxygens (including phenoxy) is 1. The van der Waals surface area contributed by atoms with Gasteiger partial charge in [0.05, 0.1) is 12.7 Å². The van der Waals surface area contributed by atoms with Crippen LogP contribution in [-0.2, 0) is 0 Å². The van der Waals surface area contributed by atoms with Crippen molar-refractivity contribution in [3.05, 3.63) is 75.8 Å². The van der Waals surface area contributed by atoms with Crippen LogP contribution in [0, 0.1) is 13.8 Å². The van der Waals surface area contributed by atoms with Gasteiger partial charge in [0.1, 0.15) is 11.3 Å². The average molecular weight is 451 g/mol. The molecule has 4 aromatic rings. The number of hydrogen-bond acceptors (Lipinski definition) is 4. The lowest BCUT2D eigenvalue weighted by atomic mass is 10.1. The normalized spacial score (nSPS) is 10.9. The van der Waals surface area contributed by atoms with Gasteiger partial charge >= 0.3 is 0 Å². The van der Waals surface area contributed by atoms with Crippen molar-refractivity contribution in [2.75, 3.05) is 12.4 Å². The van der Waals surface area contributed by atoms with Crippen molar-refractivity contribution in [1.29, 1.82) is 0 Å². The van der Waals surface area contributed by atoms with Crippen molar-refractivity contribution < 1.29 is 13.9 Å². The number of hydrogen-bond donors (Lipinski definition) is 1. The summed E-state index contributed by atoms with van der Waals surface area (Å²) in [5.74, 6) is 0.770. The highest BCUT2D eigenvalue weighted by atomic mass is 79.9. The lowest BCUT2D eigenvalue weighted by Gasteiger charge is -2.12. The fourth-order valence-electron chi connectivity index (χ4n) is 3.09. The number of carbonyl (C=O) groups excluding carboxylic acids is 1. The van der Waals surface area contributed by atoms with Gasteiger partial charge in [0.15, 0.2) is 5.58 Å². The van der Waals surface area contributed by atoms with Crippen LogP contribution in [0.5, 0.6) is 5.75 Å². The molecule has 5 nitrogen and oxygen atoms in total. The molecule has 0 radical (unpaired) electrons. The molecule has 0 saturated heterocycles. The maximum atomic E-state index is 12.9. The number of carbonyl (C=O) groups is 1. The standard InChI is InChI=1S/C23H19BrN2O3/c1-13-4-8-18-21(10-13)29-23(26-18)15-6-5-14(2)19(11-15)25-22(27)17-12-16(24)7-9-20(17)28-3/h4-12H,1-3H3,(H,25,27). The molecular weight excluding hydrogens is 432 g/mol. The molecule has 0 unspecified atom stereocenters. The van der Waals surface area contributed by atoms with Crippen LogP contribution >= 0.6 is 15.9 Å². The molecule has 1 amide bonds. The summed E-state index contributed by atoms with van der Waals surface area (Å²) in [5, 5.41) is 2.97. The summed E-state index contributed by atoms with van der Waals surface area (Å²) in [7, 11) is 1.54. The second kappa shape index (κ2) is 7.72. The van der Waals surface area contributed by atoms with Gasteiger partial charge in [0, 0.05) is 15.7 Å². The second-order valence-corrected chi connectivity index (χ2v) is 7.73. The molecule has 3 aromatic carbocycles. The number of nitrogens with zero attached hydrogens (tertiary/aromatic N) is 1. The first-order valence-electron chi connectivity index (χ1n) is 9.08. The Hall–Kier alpha value is -3.12. The van der Waals surface area contributed by atoms with Crippen molar-refractivity contribution in [3.63, 3.8) is 0 Å². The maximum Gasteiger partial charge on any atom is 0.259 e. The molecule has 0 saturated carbocycles. The van der Waals surface area contributed by atoms with Crippen LogP contribution in [0.2, 0.25) is 0 Å². The van der Waals surface area contributed by atoms with E-state index in [1.807, 2.05) is 56.3 Å². The summed E-state index contributed by atoms with van der Waals surface area (Å²) in [6.07, 6.45) is 0. The third kappa shape index (κ3) is 3.89. The van der Waals surface area contributed by atoms with E-state index in [1.54, 1.807) is 19.2 Å². The fraction of sp³-hybridized carbons (Fsp3) is 0.130. The number of methoxy groups -OCH3 is 1. The SMILES string of the molecule is COc1ccc(Br)cc1C(=O)Nc1cc(-c2nc3ccc(C)cc3o2)ccc1C. The highest BCUT2D eigenvalue weighted by Crippen LogP contribution is 2.30. The topological polar surface area (TPSA) is 64.4 Å². The van der Waals surface area contributed by atoms with E-state index in [0.717, 1.165) is 32.3 Å². The minimum absolute atomic E-state index is 0.253. The van der Waals surface area contributed by atoms with Gasteiger partial charge < -0.3 is 14.5 Å². The molecule has 6 heteroatoms. The molecule has 0 fully saturated rings. The van der Waals surface area contributed by atoms with Gasteiger partial charge in [-0.1, -0.05) is 28.1 Å². The zero-order valence-electron chi connectivity index (χ0n) is 16.2. The largest absolute Gasteiger partial charge is 0.496 e. The quantitative estimate of drug-likeness (QED) is 0.405. The second-order valence-electron chi connectivity index (χ2n) is 6.82. The first-order chi connectivity index (χ1) is 13.9. The molecule has 1 aromatic heterocycles. The van der Waals surface area contributed by atoms with E-state index in [1.165, 1.54) is 0 Å². The number of nitrogens with one attached hydrogen (secondary N) is 1. The molecule has 0 aliphatic heterocycles. The summed E-state index contributed by atoms with van der Waals surface area (Å²) < 4.78 is 12.0. The lowest BCUT2D eigenvalue weighted by Crippen LogP contribution is -2.14. The lowest BCUT2D eigenvalue weighted by molar-refractivity contribution is 0.102. The van der Waals surface area contributed by atoms with Crippen LogP contribution in [0.15, 0.2) is 63.5 Å². The van der Waals surface area contributed by atoms with Crippen molar-refractivity contribution in [2.45, 2.75) is 13.8 Å². The fourth-order valence-corrected chi connectivity index (χ4v) is 3.45. The number of anilines is 1. The van der Waals surface area contributed by atoms with Gasteiger partial charge in [0.25, 0.3) is 5.91 Å². The number of benzene rings is 3. The molecule has 0 aliphatic rings. The zero-order valence-corrected chi connectivity index (χ0v) is 17.8. The summed E-state index contributed by atoms with van der Waals surface area (Å²) in [6.45, 7) is 3.95. The molecular formula is C23H19BrN2O3.